The monoisotopic (exact) mass is 237 g/mol. The minimum absolute atomic E-state index is 0.277. The Morgan fingerprint density at radius 1 is 1.47 bits per heavy atom. The predicted octanol–water partition coefficient (Wildman–Crippen LogP) is 3.41. The van der Waals surface area contributed by atoms with Crippen LogP contribution in [0, 0.1) is 11.7 Å². The fourth-order valence-corrected chi connectivity index (χ4v) is 2.20. The highest BCUT2D eigenvalue weighted by molar-refractivity contribution is 5.36. The first kappa shape index (κ1) is 12.4. The molecule has 1 unspecified atom stereocenters. The van der Waals surface area contributed by atoms with Gasteiger partial charge in [0.05, 0.1) is 6.61 Å². The van der Waals surface area contributed by atoms with Gasteiger partial charge in [-0.05, 0) is 31.4 Å². The molecule has 2 nitrogen and oxygen atoms in total. The van der Waals surface area contributed by atoms with Crippen LogP contribution in [0.4, 0.5) is 4.39 Å². The lowest BCUT2D eigenvalue weighted by molar-refractivity contribution is 0.220. The molecule has 3 heteroatoms. The largest absolute Gasteiger partial charge is 0.493 e. The first-order chi connectivity index (χ1) is 8.18. The second-order valence-electron chi connectivity index (χ2n) is 4.87. The van der Waals surface area contributed by atoms with Crippen molar-refractivity contribution in [3.05, 3.63) is 29.6 Å². The summed E-state index contributed by atoms with van der Waals surface area (Å²) in [5.41, 5.74) is 6.25. The van der Waals surface area contributed by atoms with Gasteiger partial charge in [0.25, 0.3) is 0 Å². The van der Waals surface area contributed by atoms with E-state index in [-0.39, 0.29) is 11.9 Å². The van der Waals surface area contributed by atoms with Crippen LogP contribution in [0.15, 0.2) is 18.2 Å². The summed E-state index contributed by atoms with van der Waals surface area (Å²) in [7, 11) is 0. The van der Waals surface area contributed by atoms with Gasteiger partial charge in [0, 0.05) is 11.6 Å². The van der Waals surface area contributed by atoms with Gasteiger partial charge in [-0.15, -0.1) is 0 Å². The summed E-state index contributed by atoms with van der Waals surface area (Å²) in [5.74, 6) is 1.13. The van der Waals surface area contributed by atoms with Crippen molar-refractivity contribution in [3.8, 4) is 5.75 Å². The summed E-state index contributed by atoms with van der Waals surface area (Å²) in [6.45, 7) is 2.44. The third-order valence-corrected chi connectivity index (χ3v) is 3.48. The van der Waals surface area contributed by atoms with E-state index in [2.05, 4.69) is 0 Å². The first-order valence-corrected chi connectivity index (χ1v) is 6.35. The zero-order valence-corrected chi connectivity index (χ0v) is 10.3. The van der Waals surface area contributed by atoms with Crippen molar-refractivity contribution in [1.82, 2.24) is 0 Å². The number of halogens is 1. The molecule has 0 spiro atoms. The van der Waals surface area contributed by atoms with E-state index < -0.39 is 0 Å². The Morgan fingerprint density at radius 2 is 2.24 bits per heavy atom. The molecule has 1 aliphatic carbocycles. The first-order valence-electron chi connectivity index (χ1n) is 6.35. The van der Waals surface area contributed by atoms with Gasteiger partial charge in [-0.3, -0.25) is 0 Å². The van der Waals surface area contributed by atoms with Crippen molar-refractivity contribution in [2.45, 2.75) is 38.6 Å². The maximum atomic E-state index is 13.6. The van der Waals surface area contributed by atoms with E-state index in [0.29, 0.717) is 17.9 Å². The van der Waals surface area contributed by atoms with Gasteiger partial charge in [0.1, 0.15) is 11.6 Å². The number of hydrogen-bond donors (Lipinski definition) is 1. The molecule has 2 rings (SSSR count). The van der Waals surface area contributed by atoms with Crippen molar-refractivity contribution in [2.24, 2.45) is 11.7 Å². The molecular weight excluding hydrogens is 217 g/mol. The third kappa shape index (κ3) is 2.97. The summed E-state index contributed by atoms with van der Waals surface area (Å²) in [6.07, 6.45) is 5.03. The second-order valence-corrected chi connectivity index (χ2v) is 4.87. The lowest BCUT2D eigenvalue weighted by Gasteiger charge is -2.25. The van der Waals surface area contributed by atoms with E-state index in [1.54, 1.807) is 19.1 Å². The molecule has 0 heterocycles. The fraction of sp³-hybridized carbons (Fsp3) is 0.571. The van der Waals surface area contributed by atoms with Crippen LogP contribution in [0.5, 0.6) is 5.75 Å². The topological polar surface area (TPSA) is 35.2 Å². The van der Waals surface area contributed by atoms with Crippen molar-refractivity contribution >= 4 is 0 Å². The molecule has 1 fully saturated rings. The molecule has 0 saturated heterocycles. The fourth-order valence-electron chi connectivity index (χ4n) is 2.20. The van der Waals surface area contributed by atoms with Crippen LogP contribution in [0.25, 0.3) is 0 Å². The molecule has 2 N–H and O–H groups in total. The lowest BCUT2D eigenvalue weighted by atomic mass is 9.83. The SMILES string of the molecule is CC(N)c1c(F)cccc1OCCC1CCC1. The molecule has 1 aromatic carbocycles. The van der Waals surface area contributed by atoms with Crippen LogP contribution in [0.2, 0.25) is 0 Å². The number of benzene rings is 1. The molecule has 0 aromatic heterocycles. The Balaban J connectivity index is 1.96. The van der Waals surface area contributed by atoms with Gasteiger partial charge in [0.2, 0.25) is 0 Å². The second kappa shape index (κ2) is 5.50. The van der Waals surface area contributed by atoms with Gasteiger partial charge in [-0.1, -0.05) is 25.3 Å². The van der Waals surface area contributed by atoms with E-state index >= 15 is 0 Å². The Bertz CT molecular complexity index is 374. The van der Waals surface area contributed by atoms with E-state index in [1.165, 1.54) is 25.3 Å². The van der Waals surface area contributed by atoms with Crippen LogP contribution in [-0.4, -0.2) is 6.61 Å². The molecule has 1 aliphatic rings. The van der Waals surface area contributed by atoms with Gasteiger partial charge in [0.15, 0.2) is 0 Å². The number of rotatable bonds is 5. The Hall–Kier alpha value is -1.09. The highest BCUT2D eigenvalue weighted by Gasteiger charge is 2.18. The maximum absolute atomic E-state index is 13.6. The average Bonchev–Trinajstić information content (AvgIpc) is 2.21. The van der Waals surface area contributed by atoms with Gasteiger partial charge in [-0.25, -0.2) is 4.39 Å². The highest BCUT2D eigenvalue weighted by Crippen LogP contribution is 2.31. The minimum atomic E-state index is -0.338. The van der Waals surface area contributed by atoms with Crippen molar-refractivity contribution in [1.29, 1.82) is 0 Å². The highest BCUT2D eigenvalue weighted by atomic mass is 19.1. The smallest absolute Gasteiger partial charge is 0.131 e. The maximum Gasteiger partial charge on any atom is 0.131 e. The van der Waals surface area contributed by atoms with Crippen molar-refractivity contribution in [3.63, 3.8) is 0 Å². The van der Waals surface area contributed by atoms with Crippen molar-refractivity contribution < 1.29 is 9.13 Å². The van der Waals surface area contributed by atoms with E-state index in [9.17, 15) is 4.39 Å². The summed E-state index contributed by atoms with van der Waals surface area (Å²) in [6, 6.07) is 4.55. The van der Waals surface area contributed by atoms with Crippen LogP contribution in [0.1, 0.15) is 44.2 Å². The van der Waals surface area contributed by atoms with Crippen LogP contribution >= 0.6 is 0 Å². The molecular formula is C14H20FNO. The Kier molecular flexibility index (Phi) is 4.00. The molecule has 17 heavy (non-hydrogen) atoms. The van der Waals surface area contributed by atoms with Crippen LogP contribution in [0.3, 0.4) is 0 Å². The Morgan fingerprint density at radius 3 is 2.82 bits per heavy atom. The third-order valence-electron chi connectivity index (χ3n) is 3.48. The molecule has 0 aliphatic heterocycles. The van der Waals surface area contributed by atoms with E-state index in [4.69, 9.17) is 10.5 Å². The van der Waals surface area contributed by atoms with Gasteiger partial charge < -0.3 is 10.5 Å². The summed E-state index contributed by atoms with van der Waals surface area (Å²) < 4.78 is 19.3. The lowest BCUT2D eigenvalue weighted by Crippen LogP contribution is -2.16. The molecule has 1 atom stereocenters. The molecule has 0 bridgehead atoms. The average molecular weight is 237 g/mol. The molecule has 0 amide bonds. The summed E-state index contributed by atoms with van der Waals surface area (Å²) in [5, 5.41) is 0. The van der Waals surface area contributed by atoms with E-state index in [1.807, 2.05) is 0 Å². The molecule has 94 valence electrons. The van der Waals surface area contributed by atoms with E-state index in [0.717, 1.165) is 12.3 Å². The van der Waals surface area contributed by atoms with Crippen LogP contribution < -0.4 is 10.5 Å². The van der Waals surface area contributed by atoms with Crippen LogP contribution in [-0.2, 0) is 0 Å². The predicted molar refractivity (Wildman–Crippen MR) is 66.5 cm³/mol. The summed E-state index contributed by atoms with van der Waals surface area (Å²) >= 11 is 0. The van der Waals surface area contributed by atoms with Gasteiger partial charge >= 0.3 is 0 Å². The van der Waals surface area contributed by atoms with Gasteiger partial charge in [-0.2, -0.15) is 0 Å². The number of ether oxygens (including phenoxy) is 1. The zero-order chi connectivity index (χ0) is 12.3. The molecule has 1 saturated carbocycles. The molecule has 0 radical (unpaired) electrons. The summed E-state index contributed by atoms with van der Waals surface area (Å²) in [4.78, 5) is 0. The normalized spacial score (nSPS) is 17.6. The quantitative estimate of drug-likeness (QED) is 0.851. The number of hydrogen-bond acceptors (Lipinski definition) is 2. The van der Waals surface area contributed by atoms with Crippen molar-refractivity contribution in [2.75, 3.05) is 6.61 Å². The molecule has 1 aromatic rings. The minimum Gasteiger partial charge on any atom is -0.493 e. The zero-order valence-electron chi connectivity index (χ0n) is 10.3. The standard InChI is InChI=1S/C14H20FNO/c1-10(16)14-12(15)6-3-7-13(14)17-9-8-11-4-2-5-11/h3,6-7,10-11H,2,4-5,8-9,16H2,1H3. The number of nitrogens with two attached hydrogens (primary N) is 1. The Labute approximate surface area is 102 Å².